The van der Waals surface area contributed by atoms with Crippen molar-refractivity contribution < 1.29 is 27.5 Å². The van der Waals surface area contributed by atoms with Gasteiger partial charge in [-0.3, -0.25) is 25.2 Å². The maximum absolute atomic E-state index is 12.5. The van der Waals surface area contributed by atoms with Gasteiger partial charge in [0.25, 0.3) is 11.8 Å². The number of ether oxygens (including phenoxy) is 1. The number of nitrogens with one attached hydrogen (secondary N) is 2. The summed E-state index contributed by atoms with van der Waals surface area (Å²) in [5.74, 6) is -2.67. The third kappa shape index (κ3) is 6.29. The molecule has 10 heteroatoms. The summed E-state index contributed by atoms with van der Waals surface area (Å²) >= 11 is 5.74. The number of benzene rings is 3. The minimum absolute atomic E-state index is 0.103. The lowest BCUT2D eigenvalue weighted by Crippen LogP contribution is -2.43. The lowest BCUT2D eigenvalue weighted by Gasteiger charge is -2.09. The topological polar surface area (TPSA) is 119 Å². The van der Waals surface area contributed by atoms with E-state index in [9.17, 15) is 22.8 Å². The van der Waals surface area contributed by atoms with E-state index in [0.29, 0.717) is 5.02 Å². The fourth-order valence-corrected chi connectivity index (χ4v) is 4.13. The predicted octanol–water partition coefficient (Wildman–Crippen LogP) is 2.66. The van der Waals surface area contributed by atoms with E-state index < -0.39 is 46.4 Å². The number of esters is 1. The van der Waals surface area contributed by atoms with Crippen LogP contribution in [-0.2, 0) is 24.2 Å². The molecule has 0 saturated carbocycles. The summed E-state index contributed by atoms with van der Waals surface area (Å²) in [7, 11) is -3.71. The Hall–Kier alpha value is -3.43. The summed E-state index contributed by atoms with van der Waals surface area (Å²) in [6.07, 6.45) is -0.417. The lowest BCUT2D eigenvalue weighted by molar-refractivity contribution is -0.148. The monoisotopic (exact) mass is 474 g/mol. The normalized spacial score (nSPS) is 11.0. The Morgan fingerprint density at radius 1 is 0.875 bits per heavy atom. The van der Waals surface area contributed by atoms with Crippen LogP contribution in [0.2, 0.25) is 5.02 Å². The van der Waals surface area contributed by atoms with Gasteiger partial charge in [0.15, 0.2) is 16.4 Å². The summed E-state index contributed by atoms with van der Waals surface area (Å²) < 4.78 is 29.8. The summed E-state index contributed by atoms with van der Waals surface area (Å²) in [5.41, 5.74) is 4.53. The van der Waals surface area contributed by atoms with E-state index in [4.69, 9.17) is 16.3 Å². The van der Waals surface area contributed by atoms with Crippen LogP contribution in [0, 0.1) is 0 Å². The van der Waals surface area contributed by atoms with Crippen LogP contribution in [0.1, 0.15) is 16.8 Å². The van der Waals surface area contributed by atoms with Gasteiger partial charge in [-0.1, -0.05) is 41.9 Å². The fraction of sp³-hybridized carbons (Fsp3) is 0.136. The molecule has 0 spiro atoms. The number of sulfone groups is 1. The van der Waals surface area contributed by atoms with Crippen LogP contribution in [-0.4, -0.2) is 38.6 Å². The van der Waals surface area contributed by atoms with Gasteiger partial charge < -0.3 is 4.74 Å². The second kappa shape index (κ2) is 10.3. The molecule has 0 aromatic heterocycles. The highest BCUT2D eigenvalue weighted by atomic mass is 35.5. The van der Waals surface area contributed by atoms with Gasteiger partial charge in [0.05, 0.1) is 17.1 Å². The van der Waals surface area contributed by atoms with Crippen molar-refractivity contribution >= 4 is 50.0 Å². The van der Waals surface area contributed by atoms with Gasteiger partial charge in [0, 0.05) is 10.6 Å². The first-order valence-corrected chi connectivity index (χ1v) is 11.5. The Kier molecular flexibility index (Phi) is 7.45. The van der Waals surface area contributed by atoms with Crippen molar-refractivity contribution in [2.75, 3.05) is 12.4 Å². The number of hydrogen-bond donors (Lipinski definition) is 2. The Bertz CT molecular complexity index is 1260. The Morgan fingerprint density at radius 3 is 2.28 bits per heavy atom. The van der Waals surface area contributed by atoms with Crippen LogP contribution in [0.25, 0.3) is 10.8 Å². The van der Waals surface area contributed by atoms with Crippen LogP contribution in [0.5, 0.6) is 0 Å². The molecule has 32 heavy (non-hydrogen) atoms. The molecule has 3 rings (SSSR count). The zero-order valence-electron chi connectivity index (χ0n) is 16.7. The second-order valence-corrected chi connectivity index (χ2v) is 9.29. The highest BCUT2D eigenvalue weighted by Crippen LogP contribution is 2.20. The third-order valence-corrected chi connectivity index (χ3v) is 6.41. The number of fused-ring (bicyclic) bond motifs is 1. The molecule has 8 nitrogen and oxygen atoms in total. The minimum atomic E-state index is -3.71. The number of carbonyl (C=O) groups excluding carboxylic acids is 3. The number of amides is 2. The molecular weight excluding hydrogens is 456 g/mol. The highest BCUT2D eigenvalue weighted by Gasteiger charge is 2.18. The van der Waals surface area contributed by atoms with Gasteiger partial charge in [0.1, 0.15) is 0 Å². The van der Waals surface area contributed by atoms with Gasteiger partial charge in [-0.05, 0) is 47.2 Å². The molecule has 0 aliphatic rings. The van der Waals surface area contributed by atoms with Crippen molar-refractivity contribution in [2.24, 2.45) is 0 Å². The molecule has 3 aromatic rings. The molecule has 0 aliphatic heterocycles. The number of halogens is 1. The fourth-order valence-electron chi connectivity index (χ4n) is 2.75. The van der Waals surface area contributed by atoms with Crippen LogP contribution >= 0.6 is 11.6 Å². The molecule has 0 bridgehead atoms. The first-order chi connectivity index (χ1) is 15.2. The smallest absolute Gasteiger partial charge is 0.307 e. The first-order valence-electron chi connectivity index (χ1n) is 9.46. The van der Waals surface area contributed by atoms with Crippen molar-refractivity contribution in [3.8, 4) is 0 Å². The van der Waals surface area contributed by atoms with Gasteiger partial charge in [-0.2, -0.15) is 0 Å². The van der Waals surface area contributed by atoms with Crippen LogP contribution < -0.4 is 10.9 Å². The molecular formula is C22H19ClN2O6S. The van der Waals surface area contributed by atoms with Crippen molar-refractivity contribution in [2.45, 2.75) is 11.3 Å². The standard InChI is InChI=1S/C22H19ClN2O6S/c23-18-8-5-16(6-9-18)22(28)25-24-20(26)14-31-21(27)11-12-32(29,30)19-10-7-15-3-1-2-4-17(15)13-19/h1-10,13H,11-12,14H2,(H,24,26)(H,25,28). The third-order valence-electron chi connectivity index (χ3n) is 4.44. The van der Waals surface area contributed by atoms with E-state index in [1.165, 1.54) is 30.3 Å². The quantitative estimate of drug-likeness (QED) is 0.401. The zero-order valence-corrected chi connectivity index (χ0v) is 18.3. The molecule has 0 unspecified atom stereocenters. The highest BCUT2D eigenvalue weighted by molar-refractivity contribution is 7.91. The van der Waals surface area contributed by atoms with Crippen LogP contribution in [0.4, 0.5) is 0 Å². The van der Waals surface area contributed by atoms with E-state index in [2.05, 4.69) is 10.9 Å². The first kappa shape index (κ1) is 23.2. The van der Waals surface area contributed by atoms with E-state index in [1.807, 2.05) is 12.1 Å². The van der Waals surface area contributed by atoms with Crippen molar-refractivity contribution in [1.82, 2.24) is 10.9 Å². The molecule has 166 valence electrons. The largest absolute Gasteiger partial charge is 0.455 e. The second-order valence-electron chi connectivity index (χ2n) is 6.75. The predicted molar refractivity (Wildman–Crippen MR) is 119 cm³/mol. The molecule has 0 heterocycles. The molecule has 2 amide bonds. The Balaban J connectivity index is 1.44. The summed E-state index contributed by atoms with van der Waals surface area (Å²) in [4.78, 5) is 35.6. The zero-order chi connectivity index (χ0) is 23.1. The summed E-state index contributed by atoms with van der Waals surface area (Å²) in [6.45, 7) is -0.671. The number of hydrazine groups is 1. The number of hydrogen-bond acceptors (Lipinski definition) is 6. The molecule has 0 radical (unpaired) electrons. The molecule has 0 fully saturated rings. The lowest BCUT2D eigenvalue weighted by atomic mass is 10.1. The van der Waals surface area contributed by atoms with E-state index in [-0.39, 0.29) is 10.5 Å². The van der Waals surface area contributed by atoms with Gasteiger partial charge >= 0.3 is 5.97 Å². The molecule has 0 aliphatic carbocycles. The minimum Gasteiger partial charge on any atom is -0.455 e. The Morgan fingerprint density at radius 2 is 1.56 bits per heavy atom. The van der Waals surface area contributed by atoms with Crippen molar-refractivity contribution in [3.63, 3.8) is 0 Å². The van der Waals surface area contributed by atoms with E-state index in [0.717, 1.165) is 10.8 Å². The molecule has 3 aromatic carbocycles. The average molecular weight is 475 g/mol. The molecule has 0 atom stereocenters. The molecule has 2 N–H and O–H groups in total. The SMILES string of the molecule is O=C(COC(=O)CCS(=O)(=O)c1ccc2ccccc2c1)NNC(=O)c1ccc(Cl)cc1. The van der Waals surface area contributed by atoms with E-state index >= 15 is 0 Å². The van der Waals surface area contributed by atoms with Gasteiger partial charge in [-0.25, -0.2) is 8.42 Å². The molecule has 0 saturated heterocycles. The number of carbonyl (C=O) groups is 3. The maximum Gasteiger partial charge on any atom is 0.307 e. The van der Waals surface area contributed by atoms with Crippen molar-refractivity contribution in [1.29, 1.82) is 0 Å². The van der Waals surface area contributed by atoms with Crippen LogP contribution in [0.3, 0.4) is 0 Å². The van der Waals surface area contributed by atoms with Gasteiger partial charge in [0.2, 0.25) is 0 Å². The Labute approximate surface area is 189 Å². The van der Waals surface area contributed by atoms with E-state index in [1.54, 1.807) is 24.3 Å². The van der Waals surface area contributed by atoms with Gasteiger partial charge in [-0.15, -0.1) is 0 Å². The number of rotatable bonds is 7. The average Bonchev–Trinajstić information content (AvgIpc) is 2.80. The maximum atomic E-state index is 12.5. The van der Waals surface area contributed by atoms with Crippen LogP contribution in [0.15, 0.2) is 71.6 Å². The van der Waals surface area contributed by atoms with Crippen molar-refractivity contribution in [3.05, 3.63) is 77.3 Å². The summed E-state index contributed by atoms with van der Waals surface area (Å²) in [6, 6.07) is 18.0. The summed E-state index contributed by atoms with van der Waals surface area (Å²) in [5, 5.41) is 2.13.